The van der Waals surface area contributed by atoms with Crippen LogP contribution in [-0.2, 0) is 20.7 Å². The number of carboxylic acids is 1. The van der Waals surface area contributed by atoms with Crippen LogP contribution in [0.15, 0.2) is 36.4 Å². The van der Waals surface area contributed by atoms with E-state index in [1.165, 1.54) is 0 Å². The Labute approximate surface area is 153 Å². The van der Waals surface area contributed by atoms with Crippen molar-refractivity contribution in [2.75, 3.05) is 19.8 Å². The summed E-state index contributed by atoms with van der Waals surface area (Å²) in [6.07, 6.45) is 1.51. The molecule has 0 heterocycles. The van der Waals surface area contributed by atoms with Crippen molar-refractivity contribution in [3.63, 3.8) is 0 Å². The Balaban J connectivity index is 2.30. The number of carbonyl (C=O) groups is 2. The molecule has 0 unspecified atom stereocenters. The summed E-state index contributed by atoms with van der Waals surface area (Å²) in [6, 6.07) is 7.25. The third-order valence-corrected chi connectivity index (χ3v) is 3.23. The normalized spacial score (nSPS) is 12.8. The Morgan fingerprint density at radius 1 is 1.19 bits per heavy atom. The zero-order valence-electron chi connectivity index (χ0n) is 15.4. The Hall–Kier alpha value is -2.38. The highest BCUT2D eigenvalue weighted by atomic mass is 16.5. The first-order valence-electron chi connectivity index (χ1n) is 8.38. The lowest BCUT2D eigenvalue weighted by Crippen LogP contribution is -2.42. The number of hydrogen-bond donors (Lipinski definition) is 3. The molecule has 26 heavy (non-hydrogen) atoms. The van der Waals surface area contributed by atoms with Crippen molar-refractivity contribution in [1.82, 2.24) is 5.32 Å². The Kier molecular flexibility index (Phi) is 8.81. The van der Waals surface area contributed by atoms with Gasteiger partial charge in [0.2, 0.25) is 0 Å². The van der Waals surface area contributed by atoms with E-state index in [-0.39, 0.29) is 18.8 Å². The van der Waals surface area contributed by atoms with Crippen LogP contribution >= 0.6 is 0 Å². The van der Waals surface area contributed by atoms with Crippen LogP contribution in [0.3, 0.4) is 0 Å². The molecule has 1 aromatic carbocycles. The van der Waals surface area contributed by atoms with E-state index < -0.39 is 18.0 Å². The van der Waals surface area contributed by atoms with Crippen LogP contribution in [0.2, 0.25) is 0 Å². The van der Waals surface area contributed by atoms with E-state index in [9.17, 15) is 14.7 Å². The molecule has 0 saturated heterocycles. The summed E-state index contributed by atoms with van der Waals surface area (Å²) in [5, 5.41) is 21.5. The maximum atomic E-state index is 11.2. The first-order chi connectivity index (χ1) is 12.2. The van der Waals surface area contributed by atoms with Gasteiger partial charge in [0.15, 0.2) is 0 Å². The van der Waals surface area contributed by atoms with Gasteiger partial charge in [-0.05, 0) is 38.5 Å². The highest BCUT2D eigenvalue weighted by molar-refractivity contribution is 5.90. The number of benzene rings is 1. The number of aliphatic hydroxyl groups is 1. The number of ether oxygens (including phenoxy) is 2. The molecule has 0 saturated carbocycles. The third-order valence-electron chi connectivity index (χ3n) is 3.23. The van der Waals surface area contributed by atoms with Crippen molar-refractivity contribution in [2.24, 2.45) is 0 Å². The van der Waals surface area contributed by atoms with Crippen LogP contribution in [0.1, 0.15) is 26.3 Å². The van der Waals surface area contributed by atoms with Gasteiger partial charge >= 0.3 is 11.9 Å². The van der Waals surface area contributed by atoms with E-state index >= 15 is 0 Å². The van der Waals surface area contributed by atoms with Gasteiger partial charge in [0, 0.05) is 30.7 Å². The van der Waals surface area contributed by atoms with Crippen LogP contribution in [0.4, 0.5) is 0 Å². The lowest BCUT2D eigenvalue weighted by atomic mass is 10.1. The summed E-state index contributed by atoms with van der Waals surface area (Å²) < 4.78 is 10.4. The molecular weight excluding hydrogens is 338 g/mol. The third kappa shape index (κ3) is 10.5. The van der Waals surface area contributed by atoms with Gasteiger partial charge in [-0.15, -0.1) is 0 Å². The van der Waals surface area contributed by atoms with Gasteiger partial charge in [-0.3, -0.25) is 0 Å². The fourth-order valence-electron chi connectivity index (χ4n) is 1.88. The zero-order valence-corrected chi connectivity index (χ0v) is 15.4. The van der Waals surface area contributed by atoms with Crippen LogP contribution in [-0.4, -0.2) is 53.6 Å². The molecule has 3 N–H and O–H groups in total. The van der Waals surface area contributed by atoms with E-state index in [4.69, 9.17) is 14.6 Å². The largest absolute Gasteiger partial charge is 0.491 e. The second-order valence-electron chi connectivity index (χ2n) is 6.83. The summed E-state index contributed by atoms with van der Waals surface area (Å²) in [4.78, 5) is 21.5. The van der Waals surface area contributed by atoms with Crippen molar-refractivity contribution < 1.29 is 29.3 Å². The fourth-order valence-corrected chi connectivity index (χ4v) is 1.88. The summed E-state index contributed by atoms with van der Waals surface area (Å²) in [7, 11) is 0. The average molecular weight is 365 g/mol. The number of aliphatic hydroxyl groups excluding tert-OH is 1. The molecule has 1 rings (SSSR count). The minimum absolute atomic E-state index is 0.0600. The standard InChI is InChI=1S/C19H27NO6/c1-19(2,3)20-12-15(21)13-26-16-6-4-14(5-7-16)10-11-25-18(24)9-8-17(22)23/h4-9,15,20-21H,10-13H2,1-3H3,(H,22,23)/t15-/m0/s1. The first kappa shape index (κ1) is 21.7. The number of carbonyl (C=O) groups excluding carboxylic acids is 1. The maximum absolute atomic E-state index is 11.2. The highest BCUT2D eigenvalue weighted by Crippen LogP contribution is 2.13. The van der Waals surface area contributed by atoms with Crippen molar-refractivity contribution in [3.8, 4) is 5.75 Å². The zero-order chi connectivity index (χ0) is 19.6. The van der Waals surface area contributed by atoms with Crippen LogP contribution in [0.25, 0.3) is 0 Å². The number of nitrogens with one attached hydrogen (secondary N) is 1. The molecule has 0 radical (unpaired) electrons. The van der Waals surface area contributed by atoms with Crippen molar-refractivity contribution in [3.05, 3.63) is 42.0 Å². The van der Waals surface area contributed by atoms with Gasteiger partial charge in [-0.25, -0.2) is 9.59 Å². The van der Waals surface area contributed by atoms with E-state index in [1.54, 1.807) is 12.1 Å². The van der Waals surface area contributed by atoms with Gasteiger partial charge in [0.1, 0.15) is 18.5 Å². The summed E-state index contributed by atoms with van der Waals surface area (Å²) in [5.74, 6) is -1.24. The number of β-amino-alcohol motifs (C(OH)–C–C–N with tert-alkyl or cyclic N) is 1. The molecule has 144 valence electrons. The van der Waals surface area contributed by atoms with Crippen molar-refractivity contribution >= 4 is 11.9 Å². The molecule has 0 spiro atoms. The van der Waals surface area contributed by atoms with Crippen LogP contribution < -0.4 is 10.1 Å². The number of esters is 1. The minimum atomic E-state index is -1.20. The molecule has 0 amide bonds. The molecule has 7 nitrogen and oxygen atoms in total. The predicted molar refractivity (Wildman–Crippen MR) is 97.1 cm³/mol. The molecule has 0 fully saturated rings. The van der Waals surface area contributed by atoms with Crippen LogP contribution in [0.5, 0.6) is 5.75 Å². The molecule has 0 bridgehead atoms. The predicted octanol–water partition coefficient (Wildman–Crippen LogP) is 1.54. The van der Waals surface area contributed by atoms with E-state index in [1.807, 2.05) is 32.9 Å². The van der Waals surface area contributed by atoms with Gasteiger partial charge in [0.05, 0.1) is 6.61 Å². The summed E-state index contributed by atoms with van der Waals surface area (Å²) in [5.41, 5.74) is 0.887. The quantitative estimate of drug-likeness (QED) is 0.427. The Morgan fingerprint density at radius 3 is 2.42 bits per heavy atom. The topological polar surface area (TPSA) is 105 Å². The SMILES string of the molecule is CC(C)(C)NC[C@H](O)COc1ccc(CCOC(=O)C=CC(=O)O)cc1. The van der Waals surface area contributed by atoms with Gasteiger partial charge < -0.3 is 25.0 Å². The lowest BCUT2D eigenvalue weighted by Gasteiger charge is -2.23. The molecule has 0 aromatic heterocycles. The van der Waals surface area contributed by atoms with Gasteiger partial charge in [-0.1, -0.05) is 12.1 Å². The monoisotopic (exact) mass is 365 g/mol. The average Bonchev–Trinajstić information content (AvgIpc) is 2.57. The molecule has 1 aromatic rings. The van der Waals surface area contributed by atoms with Crippen molar-refractivity contribution in [1.29, 1.82) is 0 Å². The van der Waals surface area contributed by atoms with Crippen LogP contribution in [0, 0.1) is 0 Å². The molecule has 7 heteroatoms. The first-order valence-corrected chi connectivity index (χ1v) is 8.38. The molecule has 0 aliphatic carbocycles. The summed E-state index contributed by atoms with van der Waals surface area (Å²) in [6.45, 7) is 6.87. The molecule has 0 aliphatic rings. The van der Waals surface area contributed by atoms with E-state index in [2.05, 4.69) is 5.32 Å². The smallest absolute Gasteiger partial charge is 0.331 e. The molecular formula is C19H27NO6. The second kappa shape index (κ2) is 10.6. The van der Waals surface area contributed by atoms with E-state index in [0.717, 1.165) is 17.7 Å². The number of aliphatic carboxylic acids is 1. The Bertz CT molecular complexity index is 603. The van der Waals surface area contributed by atoms with E-state index in [0.29, 0.717) is 18.7 Å². The fraction of sp³-hybridized carbons (Fsp3) is 0.474. The minimum Gasteiger partial charge on any atom is -0.491 e. The second-order valence-corrected chi connectivity index (χ2v) is 6.83. The van der Waals surface area contributed by atoms with Gasteiger partial charge in [0.25, 0.3) is 0 Å². The number of hydrogen-bond acceptors (Lipinski definition) is 6. The number of carboxylic acid groups (broad SMARTS) is 1. The highest BCUT2D eigenvalue weighted by Gasteiger charge is 2.12. The number of rotatable bonds is 10. The molecule has 0 aliphatic heterocycles. The Morgan fingerprint density at radius 2 is 1.85 bits per heavy atom. The van der Waals surface area contributed by atoms with Gasteiger partial charge in [-0.2, -0.15) is 0 Å². The lowest BCUT2D eigenvalue weighted by molar-refractivity contribution is -0.138. The van der Waals surface area contributed by atoms with Crippen molar-refractivity contribution in [2.45, 2.75) is 38.8 Å². The maximum Gasteiger partial charge on any atom is 0.331 e. The summed E-state index contributed by atoms with van der Waals surface area (Å²) >= 11 is 0. The molecule has 1 atom stereocenters.